The molecule has 0 bridgehead atoms. The average Bonchev–Trinajstić information content (AvgIpc) is 2.82. The first-order valence-corrected chi connectivity index (χ1v) is 5.21. The summed E-state index contributed by atoms with van der Waals surface area (Å²) in [6, 6.07) is 6.69. The minimum Gasteiger partial charge on any atom is -0.478 e. The normalized spacial score (nSPS) is 10.1. The number of nitrogens with one attached hydrogen (secondary N) is 1. The Kier molecular flexibility index (Phi) is 3.40. The fraction of sp³-hybridized carbons (Fsp3) is 0.167. The summed E-state index contributed by atoms with van der Waals surface area (Å²) in [5.41, 5.74) is 0.223. The molecule has 0 spiro atoms. The molecule has 5 nitrogen and oxygen atoms in total. The number of hydrogen-bond donors (Lipinski definition) is 2. The number of aromatic carboxylic acids is 1. The Balaban J connectivity index is 1.90. The molecule has 0 aromatic carbocycles. The summed E-state index contributed by atoms with van der Waals surface area (Å²) in [6.07, 6.45) is 3.82. The summed E-state index contributed by atoms with van der Waals surface area (Å²) >= 11 is 0. The van der Waals surface area contributed by atoms with Crippen LogP contribution in [0.4, 0.5) is 5.82 Å². The van der Waals surface area contributed by atoms with Crippen molar-refractivity contribution >= 4 is 11.8 Å². The third-order valence-corrected chi connectivity index (χ3v) is 2.26. The van der Waals surface area contributed by atoms with Gasteiger partial charge in [-0.1, -0.05) is 0 Å². The van der Waals surface area contributed by atoms with Crippen molar-refractivity contribution in [2.45, 2.75) is 6.42 Å². The molecule has 0 aliphatic rings. The molecule has 0 atom stereocenters. The highest BCUT2D eigenvalue weighted by Gasteiger charge is 2.03. The third-order valence-electron chi connectivity index (χ3n) is 2.26. The van der Waals surface area contributed by atoms with Crippen LogP contribution in [0.5, 0.6) is 0 Å². The van der Waals surface area contributed by atoms with Gasteiger partial charge >= 0.3 is 5.97 Å². The summed E-state index contributed by atoms with van der Waals surface area (Å²) in [5, 5.41) is 11.9. The zero-order valence-corrected chi connectivity index (χ0v) is 9.09. The molecule has 2 aromatic rings. The van der Waals surface area contributed by atoms with Crippen LogP contribution in [-0.2, 0) is 6.42 Å². The number of carboxylic acid groups (broad SMARTS) is 1. The molecule has 17 heavy (non-hydrogen) atoms. The quantitative estimate of drug-likeness (QED) is 0.824. The molecule has 0 fully saturated rings. The van der Waals surface area contributed by atoms with E-state index in [0.717, 1.165) is 12.2 Å². The van der Waals surface area contributed by atoms with Crippen LogP contribution in [0.15, 0.2) is 41.1 Å². The summed E-state index contributed by atoms with van der Waals surface area (Å²) in [6.45, 7) is 0.642. The number of aromatic nitrogens is 1. The Labute approximate surface area is 98.1 Å². The smallest absolute Gasteiger partial charge is 0.335 e. The Morgan fingerprint density at radius 2 is 2.35 bits per heavy atom. The van der Waals surface area contributed by atoms with E-state index in [1.807, 2.05) is 12.1 Å². The maximum absolute atomic E-state index is 10.7. The summed E-state index contributed by atoms with van der Waals surface area (Å²) in [7, 11) is 0. The standard InChI is InChI=1S/C12H12N2O3/c15-12(16)9-3-5-13-11(8-9)14-6-4-10-2-1-7-17-10/h1-3,5,7-8H,4,6H2,(H,13,14)(H,15,16). The largest absolute Gasteiger partial charge is 0.478 e. The van der Waals surface area contributed by atoms with Crippen molar-refractivity contribution in [1.82, 2.24) is 4.98 Å². The molecule has 0 amide bonds. The van der Waals surface area contributed by atoms with E-state index in [4.69, 9.17) is 9.52 Å². The van der Waals surface area contributed by atoms with Crippen LogP contribution in [0.25, 0.3) is 0 Å². The summed E-state index contributed by atoms with van der Waals surface area (Å²) in [4.78, 5) is 14.8. The topological polar surface area (TPSA) is 75.4 Å². The van der Waals surface area contributed by atoms with E-state index in [-0.39, 0.29) is 5.56 Å². The van der Waals surface area contributed by atoms with E-state index in [1.165, 1.54) is 18.3 Å². The molecule has 0 aliphatic carbocycles. The number of carbonyl (C=O) groups is 1. The van der Waals surface area contributed by atoms with Gasteiger partial charge in [-0.3, -0.25) is 0 Å². The van der Waals surface area contributed by atoms with Crippen LogP contribution < -0.4 is 5.32 Å². The van der Waals surface area contributed by atoms with Crippen LogP contribution in [0.2, 0.25) is 0 Å². The molecule has 0 radical (unpaired) electrons. The van der Waals surface area contributed by atoms with Gasteiger partial charge in [-0.15, -0.1) is 0 Å². The van der Waals surface area contributed by atoms with Crippen molar-refractivity contribution in [3.63, 3.8) is 0 Å². The number of pyridine rings is 1. The van der Waals surface area contributed by atoms with Crippen LogP contribution in [0, 0.1) is 0 Å². The van der Waals surface area contributed by atoms with E-state index in [9.17, 15) is 4.79 Å². The number of rotatable bonds is 5. The highest BCUT2D eigenvalue weighted by atomic mass is 16.4. The van der Waals surface area contributed by atoms with Crippen LogP contribution in [0.1, 0.15) is 16.1 Å². The van der Waals surface area contributed by atoms with Crippen LogP contribution in [0.3, 0.4) is 0 Å². The van der Waals surface area contributed by atoms with Gasteiger partial charge in [-0.05, 0) is 24.3 Å². The Hall–Kier alpha value is -2.30. The summed E-state index contributed by atoms with van der Waals surface area (Å²) < 4.78 is 5.18. The predicted molar refractivity (Wildman–Crippen MR) is 62.1 cm³/mol. The van der Waals surface area contributed by atoms with Crippen LogP contribution in [-0.4, -0.2) is 22.6 Å². The molecule has 0 saturated carbocycles. The first-order valence-electron chi connectivity index (χ1n) is 5.21. The van der Waals surface area contributed by atoms with E-state index in [1.54, 1.807) is 6.26 Å². The van der Waals surface area contributed by atoms with Gasteiger partial charge < -0.3 is 14.8 Å². The first kappa shape index (κ1) is 11.2. The second-order valence-corrected chi connectivity index (χ2v) is 3.49. The monoisotopic (exact) mass is 232 g/mol. The lowest BCUT2D eigenvalue weighted by Crippen LogP contribution is -2.07. The van der Waals surface area contributed by atoms with Crippen molar-refractivity contribution in [3.8, 4) is 0 Å². The molecule has 88 valence electrons. The Morgan fingerprint density at radius 3 is 3.06 bits per heavy atom. The fourth-order valence-electron chi connectivity index (χ4n) is 1.43. The average molecular weight is 232 g/mol. The zero-order valence-electron chi connectivity index (χ0n) is 9.09. The Morgan fingerprint density at radius 1 is 1.47 bits per heavy atom. The molecule has 2 rings (SSSR count). The van der Waals surface area contributed by atoms with Gasteiger partial charge in [0, 0.05) is 19.2 Å². The second-order valence-electron chi connectivity index (χ2n) is 3.49. The van der Waals surface area contributed by atoms with E-state index < -0.39 is 5.97 Å². The van der Waals surface area contributed by atoms with Gasteiger partial charge in [0.2, 0.25) is 0 Å². The lowest BCUT2D eigenvalue weighted by atomic mass is 10.2. The maximum Gasteiger partial charge on any atom is 0.335 e. The molecule has 0 unspecified atom stereocenters. The van der Waals surface area contributed by atoms with Crippen molar-refractivity contribution < 1.29 is 14.3 Å². The number of furan rings is 1. The van der Waals surface area contributed by atoms with Gasteiger partial charge in [0.05, 0.1) is 11.8 Å². The van der Waals surface area contributed by atoms with Crippen molar-refractivity contribution in [2.75, 3.05) is 11.9 Å². The highest BCUT2D eigenvalue weighted by molar-refractivity contribution is 5.88. The molecule has 2 N–H and O–H groups in total. The minimum absolute atomic E-state index is 0.223. The SMILES string of the molecule is O=C(O)c1ccnc(NCCc2ccco2)c1. The molecular formula is C12H12N2O3. The van der Waals surface area contributed by atoms with Gasteiger partial charge in [0.15, 0.2) is 0 Å². The van der Waals surface area contributed by atoms with Gasteiger partial charge in [0.1, 0.15) is 11.6 Å². The lowest BCUT2D eigenvalue weighted by molar-refractivity contribution is 0.0697. The zero-order chi connectivity index (χ0) is 12.1. The fourth-order valence-corrected chi connectivity index (χ4v) is 1.43. The molecule has 0 aliphatic heterocycles. The molecule has 0 saturated heterocycles. The highest BCUT2D eigenvalue weighted by Crippen LogP contribution is 2.07. The second kappa shape index (κ2) is 5.16. The minimum atomic E-state index is -0.957. The number of carboxylic acids is 1. The van der Waals surface area contributed by atoms with Gasteiger partial charge in [0.25, 0.3) is 0 Å². The van der Waals surface area contributed by atoms with Crippen LogP contribution >= 0.6 is 0 Å². The lowest BCUT2D eigenvalue weighted by Gasteiger charge is -2.04. The predicted octanol–water partition coefficient (Wildman–Crippen LogP) is 2.03. The van der Waals surface area contributed by atoms with E-state index >= 15 is 0 Å². The van der Waals surface area contributed by atoms with Crippen molar-refractivity contribution in [2.24, 2.45) is 0 Å². The number of hydrogen-bond acceptors (Lipinski definition) is 4. The van der Waals surface area contributed by atoms with E-state index in [0.29, 0.717) is 12.4 Å². The molecule has 2 aromatic heterocycles. The van der Waals surface area contributed by atoms with Gasteiger partial charge in [-0.25, -0.2) is 9.78 Å². The number of anilines is 1. The van der Waals surface area contributed by atoms with Gasteiger partial charge in [-0.2, -0.15) is 0 Å². The van der Waals surface area contributed by atoms with Crippen molar-refractivity contribution in [3.05, 3.63) is 48.0 Å². The number of nitrogens with zero attached hydrogens (tertiary/aromatic N) is 1. The third kappa shape index (κ3) is 3.07. The molecule has 2 heterocycles. The maximum atomic E-state index is 10.7. The molecule has 5 heteroatoms. The van der Waals surface area contributed by atoms with Crippen molar-refractivity contribution in [1.29, 1.82) is 0 Å². The molecular weight excluding hydrogens is 220 g/mol. The first-order chi connectivity index (χ1) is 8.25. The summed E-state index contributed by atoms with van der Waals surface area (Å²) in [5.74, 6) is 0.477. The van der Waals surface area contributed by atoms with E-state index in [2.05, 4.69) is 10.3 Å². The Bertz CT molecular complexity index is 494.